The first-order chi connectivity index (χ1) is 11.5. The Balaban J connectivity index is 1.66. The zero-order chi connectivity index (χ0) is 17.1. The van der Waals surface area contributed by atoms with Gasteiger partial charge in [0.25, 0.3) is 0 Å². The number of anilines is 1. The van der Waals surface area contributed by atoms with E-state index in [1.165, 1.54) is 0 Å². The number of hydrogen-bond acceptors (Lipinski definition) is 5. The maximum Gasteiger partial charge on any atom is 0.318 e. The number of H-pyrrole nitrogens is 1. The van der Waals surface area contributed by atoms with Gasteiger partial charge in [-0.15, -0.1) is 0 Å². The van der Waals surface area contributed by atoms with Crippen molar-refractivity contribution in [2.24, 2.45) is 5.73 Å². The number of imidazole rings is 1. The number of amides is 3. The molecule has 1 aliphatic rings. The molecule has 2 aromatic rings. The summed E-state index contributed by atoms with van der Waals surface area (Å²) in [6.45, 7) is 4.90. The lowest BCUT2D eigenvalue weighted by Gasteiger charge is -2.26. The van der Waals surface area contributed by atoms with E-state index in [9.17, 15) is 9.59 Å². The smallest absolute Gasteiger partial charge is 0.318 e. The van der Waals surface area contributed by atoms with Crippen molar-refractivity contribution in [3.8, 4) is 0 Å². The van der Waals surface area contributed by atoms with Crippen molar-refractivity contribution in [3.05, 3.63) is 24.3 Å². The van der Waals surface area contributed by atoms with E-state index in [0.717, 1.165) is 43.0 Å². The molecular weight excluding hydrogens is 308 g/mol. The molecular formula is C16H22N6O2. The number of nitrogens with one attached hydrogen (secondary N) is 2. The van der Waals surface area contributed by atoms with E-state index >= 15 is 0 Å². The van der Waals surface area contributed by atoms with E-state index in [2.05, 4.69) is 25.1 Å². The van der Waals surface area contributed by atoms with Crippen LogP contribution >= 0.6 is 0 Å². The molecule has 0 spiro atoms. The third-order valence-electron chi connectivity index (χ3n) is 4.38. The van der Waals surface area contributed by atoms with Crippen LogP contribution in [0.25, 0.3) is 11.0 Å². The van der Waals surface area contributed by atoms with Gasteiger partial charge in [0.1, 0.15) is 0 Å². The summed E-state index contributed by atoms with van der Waals surface area (Å²) in [4.78, 5) is 35.0. The first kappa shape index (κ1) is 16.3. The van der Waals surface area contributed by atoms with E-state index in [-0.39, 0.29) is 5.91 Å². The van der Waals surface area contributed by atoms with Crippen LogP contribution in [0.3, 0.4) is 0 Å². The Morgan fingerprint density at radius 2 is 2.04 bits per heavy atom. The maximum absolute atomic E-state index is 11.9. The zero-order valence-electron chi connectivity index (χ0n) is 13.7. The van der Waals surface area contributed by atoms with Crippen molar-refractivity contribution in [1.29, 1.82) is 0 Å². The number of benzene rings is 1. The fourth-order valence-corrected chi connectivity index (χ4v) is 3.02. The van der Waals surface area contributed by atoms with Gasteiger partial charge >= 0.3 is 6.03 Å². The lowest BCUT2D eigenvalue weighted by atomic mass is 10.2. The van der Waals surface area contributed by atoms with Gasteiger partial charge in [-0.1, -0.05) is 12.1 Å². The lowest BCUT2D eigenvalue weighted by Crippen LogP contribution is -2.49. The minimum atomic E-state index is -0.814. The van der Waals surface area contributed by atoms with E-state index < -0.39 is 12.1 Å². The number of primary amides is 1. The number of carbonyl (C=O) groups excluding carboxylic acids is 2. The van der Waals surface area contributed by atoms with Gasteiger partial charge in [-0.3, -0.25) is 15.0 Å². The molecule has 3 amide bonds. The quantitative estimate of drug-likeness (QED) is 0.766. The standard InChI is InChI=1S/C16H22N6O2/c1-11(14(23)20-15(17)24)21-7-4-8-22(10-9-21)16-18-12-5-2-3-6-13(12)19-16/h2-3,5-6,11H,4,7-10H2,1H3,(H,18,19)(H3,17,20,23,24)/t11-/m1/s1. The van der Waals surface area contributed by atoms with Gasteiger partial charge in [0, 0.05) is 26.2 Å². The zero-order valence-corrected chi connectivity index (χ0v) is 13.7. The van der Waals surface area contributed by atoms with E-state index in [0.29, 0.717) is 6.54 Å². The molecule has 0 unspecified atom stereocenters. The molecule has 1 aliphatic heterocycles. The molecule has 1 aromatic heterocycles. The Morgan fingerprint density at radius 1 is 1.25 bits per heavy atom. The van der Waals surface area contributed by atoms with Crippen LogP contribution in [0.5, 0.6) is 0 Å². The number of aromatic amines is 1. The highest BCUT2D eigenvalue weighted by Crippen LogP contribution is 2.19. The van der Waals surface area contributed by atoms with Crippen molar-refractivity contribution < 1.29 is 9.59 Å². The summed E-state index contributed by atoms with van der Waals surface area (Å²) >= 11 is 0. The number of aromatic nitrogens is 2. The minimum absolute atomic E-state index is 0.361. The molecule has 1 atom stereocenters. The maximum atomic E-state index is 11.9. The third-order valence-corrected chi connectivity index (χ3v) is 4.38. The number of hydrogen-bond donors (Lipinski definition) is 3. The van der Waals surface area contributed by atoms with Gasteiger partial charge in [0.05, 0.1) is 17.1 Å². The van der Waals surface area contributed by atoms with Crippen LogP contribution in [-0.2, 0) is 4.79 Å². The fourth-order valence-electron chi connectivity index (χ4n) is 3.02. The molecule has 1 fully saturated rings. The first-order valence-corrected chi connectivity index (χ1v) is 8.08. The number of rotatable bonds is 3. The van der Waals surface area contributed by atoms with Crippen molar-refractivity contribution in [2.75, 3.05) is 31.1 Å². The lowest BCUT2D eigenvalue weighted by molar-refractivity contribution is -0.124. The van der Waals surface area contributed by atoms with Gasteiger partial charge in [0.15, 0.2) is 0 Å². The van der Waals surface area contributed by atoms with E-state index in [1.807, 2.05) is 24.3 Å². The normalized spacial score (nSPS) is 17.5. The molecule has 8 heteroatoms. The number of nitrogens with two attached hydrogens (primary N) is 1. The number of imide groups is 1. The number of carbonyl (C=O) groups is 2. The molecule has 0 bridgehead atoms. The van der Waals surface area contributed by atoms with Gasteiger partial charge in [0.2, 0.25) is 11.9 Å². The average molecular weight is 330 g/mol. The molecule has 1 aromatic carbocycles. The number of para-hydroxylation sites is 2. The summed E-state index contributed by atoms with van der Waals surface area (Å²) in [5.74, 6) is 0.493. The third kappa shape index (κ3) is 3.48. The van der Waals surface area contributed by atoms with Gasteiger partial charge < -0.3 is 15.6 Å². The van der Waals surface area contributed by atoms with Gasteiger partial charge in [-0.05, 0) is 25.5 Å². The Kier molecular flexibility index (Phi) is 4.66. The molecule has 4 N–H and O–H groups in total. The van der Waals surface area contributed by atoms with Crippen LogP contribution in [0.1, 0.15) is 13.3 Å². The average Bonchev–Trinajstić information content (AvgIpc) is 2.83. The Morgan fingerprint density at radius 3 is 2.79 bits per heavy atom. The molecule has 3 rings (SSSR count). The van der Waals surface area contributed by atoms with Gasteiger partial charge in [-0.25, -0.2) is 9.78 Å². The molecule has 8 nitrogen and oxygen atoms in total. The highest BCUT2D eigenvalue weighted by Gasteiger charge is 2.25. The predicted molar refractivity (Wildman–Crippen MR) is 91.7 cm³/mol. The Hall–Kier alpha value is -2.61. The molecule has 1 saturated heterocycles. The van der Waals surface area contributed by atoms with Crippen molar-refractivity contribution >= 4 is 28.9 Å². The van der Waals surface area contributed by atoms with Crippen molar-refractivity contribution in [2.45, 2.75) is 19.4 Å². The monoisotopic (exact) mass is 330 g/mol. The van der Waals surface area contributed by atoms with E-state index in [1.54, 1.807) is 6.92 Å². The number of fused-ring (bicyclic) bond motifs is 1. The summed E-state index contributed by atoms with van der Waals surface area (Å²) < 4.78 is 0. The molecule has 0 saturated carbocycles. The molecule has 24 heavy (non-hydrogen) atoms. The van der Waals surface area contributed by atoms with Crippen LogP contribution in [-0.4, -0.2) is 59.0 Å². The summed E-state index contributed by atoms with van der Waals surface area (Å²) in [5.41, 5.74) is 6.98. The molecule has 0 radical (unpaired) electrons. The van der Waals surface area contributed by atoms with Crippen LogP contribution in [0.15, 0.2) is 24.3 Å². The largest absolute Gasteiger partial charge is 0.351 e. The topological polar surface area (TPSA) is 107 Å². The SMILES string of the molecule is C[C@H](C(=O)NC(N)=O)N1CCCN(c2nc3ccccc3[nH]2)CC1. The summed E-state index contributed by atoms with van der Waals surface area (Å²) in [6, 6.07) is 6.73. The highest BCUT2D eigenvalue weighted by atomic mass is 16.2. The van der Waals surface area contributed by atoms with Crippen LogP contribution < -0.4 is 16.0 Å². The summed E-state index contributed by atoms with van der Waals surface area (Å²) in [5, 5.41) is 2.15. The predicted octanol–water partition coefficient (Wildman–Crippen LogP) is 0.658. The Labute approximate surface area is 140 Å². The van der Waals surface area contributed by atoms with Gasteiger partial charge in [-0.2, -0.15) is 0 Å². The molecule has 2 heterocycles. The minimum Gasteiger partial charge on any atom is -0.351 e. The Bertz CT molecular complexity index is 710. The number of nitrogens with zero attached hydrogens (tertiary/aromatic N) is 3. The second-order valence-electron chi connectivity index (χ2n) is 5.98. The molecule has 128 valence electrons. The summed E-state index contributed by atoms with van der Waals surface area (Å²) in [6.07, 6.45) is 0.908. The van der Waals surface area contributed by atoms with Crippen LogP contribution in [0.4, 0.5) is 10.7 Å². The second-order valence-corrected chi connectivity index (χ2v) is 5.98. The van der Waals surface area contributed by atoms with Crippen LogP contribution in [0, 0.1) is 0 Å². The van der Waals surface area contributed by atoms with Crippen LogP contribution in [0.2, 0.25) is 0 Å². The molecule has 0 aliphatic carbocycles. The number of urea groups is 1. The van der Waals surface area contributed by atoms with E-state index in [4.69, 9.17) is 5.73 Å². The fraction of sp³-hybridized carbons (Fsp3) is 0.438. The summed E-state index contributed by atoms with van der Waals surface area (Å²) in [7, 11) is 0. The van der Waals surface area contributed by atoms with Crippen molar-refractivity contribution in [1.82, 2.24) is 20.2 Å². The second kappa shape index (κ2) is 6.88. The first-order valence-electron chi connectivity index (χ1n) is 8.08. The van der Waals surface area contributed by atoms with Crippen molar-refractivity contribution in [3.63, 3.8) is 0 Å². The highest BCUT2D eigenvalue weighted by molar-refractivity contribution is 5.96.